The number of halogens is 1. The van der Waals surface area contributed by atoms with Gasteiger partial charge in [0.2, 0.25) is 0 Å². The van der Waals surface area contributed by atoms with Crippen molar-refractivity contribution in [3.05, 3.63) is 59.1 Å². The molecule has 3 rings (SSSR count). The average Bonchev–Trinajstić information content (AvgIpc) is 3.31. The Morgan fingerprint density at radius 3 is 2.26 bits per heavy atom. The van der Waals surface area contributed by atoms with Crippen LogP contribution in [0.2, 0.25) is 5.02 Å². The molecule has 27 heavy (non-hydrogen) atoms. The zero-order valence-corrected chi connectivity index (χ0v) is 16.5. The summed E-state index contributed by atoms with van der Waals surface area (Å²) in [5.74, 6) is -0.827. The lowest BCUT2D eigenvalue weighted by molar-refractivity contribution is -0.145. The summed E-state index contributed by atoms with van der Waals surface area (Å²) in [5, 5.41) is -0.709. The highest BCUT2D eigenvalue weighted by Gasteiger charge is 2.74. The van der Waals surface area contributed by atoms with E-state index in [4.69, 9.17) is 26.8 Å². The first kappa shape index (κ1) is 19.7. The van der Waals surface area contributed by atoms with Crippen LogP contribution in [0.1, 0.15) is 18.4 Å². The predicted molar refractivity (Wildman–Crippen MR) is 102 cm³/mol. The Kier molecular flexibility index (Phi) is 5.20. The molecule has 2 aromatic carbocycles. The third-order valence-corrected chi connectivity index (χ3v) is 7.27. The molecule has 0 unspecified atom stereocenters. The van der Waals surface area contributed by atoms with E-state index in [1.165, 1.54) is 31.4 Å². The Balaban J connectivity index is 2.04. The maximum Gasteiger partial charge on any atom is 0.328 e. The summed E-state index contributed by atoms with van der Waals surface area (Å²) in [7, 11) is -2.35. The van der Waals surface area contributed by atoms with Gasteiger partial charge in [0.15, 0.2) is 9.84 Å². The van der Waals surface area contributed by atoms with E-state index >= 15 is 0 Å². The van der Waals surface area contributed by atoms with Gasteiger partial charge in [-0.2, -0.15) is 0 Å². The highest BCUT2D eigenvalue weighted by Crippen LogP contribution is 2.56. The largest absolute Gasteiger partial charge is 0.497 e. The van der Waals surface area contributed by atoms with Gasteiger partial charge >= 0.3 is 5.97 Å². The van der Waals surface area contributed by atoms with Crippen molar-refractivity contribution in [3.8, 4) is 5.75 Å². The average molecular weight is 410 g/mol. The van der Waals surface area contributed by atoms with Gasteiger partial charge in [-0.05, 0) is 48.9 Å². The van der Waals surface area contributed by atoms with E-state index in [1.54, 1.807) is 31.2 Å². The van der Waals surface area contributed by atoms with Gasteiger partial charge in [-0.15, -0.1) is 0 Å². The van der Waals surface area contributed by atoms with Crippen LogP contribution in [0, 0.1) is 0 Å². The minimum absolute atomic E-state index is 0.0621. The Bertz CT molecular complexity index is 943. The minimum atomic E-state index is -3.88. The zero-order chi connectivity index (χ0) is 19.8. The molecule has 0 saturated heterocycles. The van der Waals surface area contributed by atoms with Crippen molar-refractivity contribution in [3.63, 3.8) is 0 Å². The molecule has 0 heterocycles. The molecule has 8 heteroatoms. The van der Waals surface area contributed by atoms with Crippen LogP contribution in [0.25, 0.3) is 0 Å². The normalized spacial score (nSPS) is 24.3. The topological polar surface area (TPSA) is 95.7 Å². The van der Waals surface area contributed by atoms with E-state index in [-0.39, 0.29) is 11.5 Å². The standard InChI is InChI=1S/C19H20ClNO5S/c1-3-26-18(22)19(21)16(12-4-8-14(25-2)9-5-12)17(19)27(23,24)15-10-6-13(20)7-11-15/h4-11,16-17H,3,21H2,1-2H3/t16-,17-,19+/m0/s1. The fourth-order valence-electron chi connectivity index (χ4n) is 3.34. The Hall–Kier alpha value is -2.09. The maximum absolute atomic E-state index is 13.2. The molecule has 3 atom stereocenters. The van der Waals surface area contributed by atoms with E-state index in [0.717, 1.165) is 0 Å². The second-order valence-corrected chi connectivity index (χ2v) is 8.83. The monoisotopic (exact) mass is 409 g/mol. The molecular weight excluding hydrogens is 390 g/mol. The lowest BCUT2D eigenvalue weighted by Gasteiger charge is -2.11. The third-order valence-electron chi connectivity index (χ3n) is 4.76. The summed E-state index contributed by atoms with van der Waals surface area (Å²) in [6, 6.07) is 12.6. The van der Waals surface area contributed by atoms with Crippen molar-refractivity contribution >= 4 is 27.4 Å². The van der Waals surface area contributed by atoms with Crippen LogP contribution >= 0.6 is 11.6 Å². The lowest BCUT2D eigenvalue weighted by atomic mass is 10.1. The van der Waals surface area contributed by atoms with Crippen LogP contribution in [0.15, 0.2) is 53.4 Å². The molecule has 2 N–H and O–H groups in total. The first-order valence-corrected chi connectivity index (χ1v) is 10.3. The summed E-state index contributed by atoms with van der Waals surface area (Å²) in [5.41, 5.74) is 5.29. The molecule has 1 saturated carbocycles. The summed E-state index contributed by atoms with van der Waals surface area (Å²) < 4.78 is 36.6. The zero-order valence-electron chi connectivity index (χ0n) is 14.9. The first-order valence-electron chi connectivity index (χ1n) is 8.36. The fourth-order valence-corrected chi connectivity index (χ4v) is 5.70. The van der Waals surface area contributed by atoms with Crippen LogP contribution < -0.4 is 10.5 Å². The van der Waals surface area contributed by atoms with Gasteiger partial charge < -0.3 is 15.2 Å². The van der Waals surface area contributed by atoms with E-state index in [2.05, 4.69) is 0 Å². The smallest absolute Gasteiger partial charge is 0.328 e. The molecule has 0 spiro atoms. The van der Waals surface area contributed by atoms with Gasteiger partial charge in [0.05, 0.1) is 18.6 Å². The van der Waals surface area contributed by atoms with Crippen molar-refractivity contribution in [1.29, 1.82) is 0 Å². The molecule has 0 amide bonds. The number of benzene rings is 2. The quantitative estimate of drug-likeness (QED) is 0.736. The van der Waals surface area contributed by atoms with Crippen molar-refractivity contribution in [2.75, 3.05) is 13.7 Å². The number of hydrogen-bond donors (Lipinski definition) is 1. The fraction of sp³-hybridized carbons (Fsp3) is 0.316. The molecule has 0 aromatic heterocycles. The van der Waals surface area contributed by atoms with Crippen LogP contribution in [0.5, 0.6) is 5.75 Å². The number of rotatable bonds is 6. The summed E-state index contributed by atoms with van der Waals surface area (Å²) in [4.78, 5) is 12.6. The summed E-state index contributed by atoms with van der Waals surface area (Å²) in [6.07, 6.45) is 0. The Morgan fingerprint density at radius 2 is 1.74 bits per heavy atom. The van der Waals surface area contributed by atoms with Gasteiger partial charge in [-0.1, -0.05) is 23.7 Å². The van der Waals surface area contributed by atoms with Crippen LogP contribution in [-0.4, -0.2) is 38.9 Å². The van der Waals surface area contributed by atoms with E-state index in [0.29, 0.717) is 16.3 Å². The number of carbonyl (C=O) groups excluding carboxylic acids is 1. The summed E-state index contributed by atoms with van der Waals surface area (Å²) in [6.45, 7) is 1.76. The Labute approximate surface area is 163 Å². The van der Waals surface area contributed by atoms with Crippen LogP contribution in [-0.2, 0) is 19.4 Å². The minimum Gasteiger partial charge on any atom is -0.497 e. The second-order valence-electron chi connectivity index (χ2n) is 6.32. The van der Waals surface area contributed by atoms with Gasteiger partial charge in [0.1, 0.15) is 16.5 Å². The van der Waals surface area contributed by atoms with Crippen molar-refractivity contribution < 1.29 is 22.7 Å². The van der Waals surface area contributed by atoms with Gasteiger partial charge in [-0.25, -0.2) is 13.2 Å². The predicted octanol–water partition coefficient (Wildman–Crippen LogP) is 2.55. The number of hydrogen-bond acceptors (Lipinski definition) is 6. The van der Waals surface area contributed by atoms with E-state index in [1.807, 2.05) is 0 Å². The SMILES string of the molecule is CCOC(=O)[C@@]1(N)[C@@H](c2ccc(OC)cc2)[C@@H]1S(=O)(=O)c1ccc(Cl)cc1. The molecular formula is C19H20ClNO5S. The van der Waals surface area contributed by atoms with Gasteiger partial charge in [0.25, 0.3) is 0 Å². The lowest BCUT2D eigenvalue weighted by Crippen LogP contribution is -2.41. The van der Waals surface area contributed by atoms with Crippen LogP contribution in [0.4, 0.5) is 0 Å². The van der Waals surface area contributed by atoms with Crippen molar-refractivity contribution in [1.82, 2.24) is 0 Å². The first-order chi connectivity index (χ1) is 12.8. The van der Waals surface area contributed by atoms with E-state index < -0.39 is 32.5 Å². The van der Waals surface area contributed by atoms with Crippen molar-refractivity contribution in [2.45, 2.75) is 28.5 Å². The summed E-state index contributed by atoms with van der Waals surface area (Å²) >= 11 is 5.85. The molecule has 1 fully saturated rings. The molecule has 0 bridgehead atoms. The van der Waals surface area contributed by atoms with Crippen molar-refractivity contribution in [2.24, 2.45) is 5.73 Å². The third kappa shape index (κ3) is 3.31. The molecule has 0 radical (unpaired) electrons. The number of nitrogens with two attached hydrogens (primary N) is 1. The maximum atomic E-state index is 13.2. The second kappa shape index (κ2) is 7.14. The Morgan fingerprint density at radius 1 is 1.15 bits per heavy atom. The molecule has 1 aliphatic carbocycles. The van der Waals surface area contributed by atoms with E-state index in [9.17, 15) is 13.2 Å². The number of esters is 1. The highest BCUT2D eigenvalue weighted by atomic mass is 35.5. The molecule has 2 aromatic rings. The number of methoxy groups -OCH3 is 1. The number of carbonyl (C=O) groups is 1. The molecule has 1 aliphatic rings. The highest BCUT2D eigenvalue weighted by molar-refractivity contribution is 7.92. The van der Waals surface area contributed by atoms with Crippen LogP contribution in [0.3, 0.4) is 0 Å². The molecule has 144 valence electrons. The molecule has 0 aliphatic heterocycles. The number of sulfone groups is 1. The van der Waals surface area contributed by atoms with Gasteiger partial charge in [-0.3, -0.25) is 0 Å². The molecule has 6 nitrogen and oxygen atoms in total. The number of ether oxygens (including phenoxy) is 2. The van der Waals surface area contributed by atoms with Gasteiger partial charge in [0, 0.05) is 10.9 Å².